The Kier molecular flexibility index (Phi) is 9.22. The summed E-state index contributed by atoms with van der Waals surface area (Å²) in [5.41, 5.74) is 4.25. The number of anilines is 1. The predicted molar refractivity (Wildman–Crippen MR) is 122 cm³/mol. The van der Waals surface area contributed by atoms with Gasteiger partial charge in [-0.1, -0.05) is 31.2 Å². The van der Waals surface area contributed by atoms with Crippen LogP contribution in [0, 0.1) is 6.92 Å². The number of carbonyl (C=O) groups is 3. The number of rotatable bonds is 9. The zero-order valence-corrected chi connectivity index (χ0v) is 18.6. The molecule has 0 unspecified atom stereocenters. The van der Waals surface area contributed by atoms with Crippen molar-refractivity contribution in [1.82, 2.24) is 10.7 Å². The van der Waals surface area contributed by atoms with Crippen molar-refractivity contribution in [2.75, 3.05) is 19.0 Å². The van der Waals surface area contributed by atoms with E-state index < -0.39 is 11.8 Å². The summed E-state index contributed by atoms with van der Waals surface area (Å²) in [6.45, 7) is 5.32. The summed E-state index contributed by atoms with van der Waals surface area (Å²) in [7, 11) is 1.47. The molecule has 0 bridgehead atoms. The molecular formula is C23H28N4O5. The highest BCUT2D eigenvalue weighted by Crippen LogP contribution is 2.30. The molecule has 32 heavy (non-hydrogen) atoms. The van der Waals surface area contributed by atoms with Crippen molar-refractivity contribution in [2.45, 2.75) is 33.2 Å². The summed E-state index contributed by atoms with van der Waals surface area (Å²) < 4.78 is 11.0. The van der Waals surface area contributed by atoms with Gasteiger partial charge in [0.2, 0.25) is 0 Å². The average Bonchev–Trinajstić information content (AvgIpc) is 2.79. The van der Waals surface area contributed by atoms with Crippen molar-refractivity contribution in [1.29, 1.82) is 0 Å². The number of carbonyl (C=O) groups excluding carboxylic acids is 3. The zero-order chi connectivity index (χ0) is 23.5. The van der Waals surface area contributed by atoms with Crippen LogP contribution in [-0.2, 0) is 14.4 Å². The first kappa shape index (κ1) is 24.4. The van der Waals surface area contributed by atoms with Gasteiger partial charge in [-0.2, -0.15) is 5.10 Å². The normalized spacial score (nSPS) is 11.5. The fourth-order valence-corrected chi connectivity index (χ4v) is 2.59. The van der Waals surface area contributed by atoms with Gasteiger partial charge in [-0.25, -0.2) is 5.43 Å². The second-order valence-corrected chi connectivity index (χ2v) is 7.01. The largest absolute Gasteiger partial charge is 0.493 e. The molecule has 0 aliphatic rings. The molecule has 0 aromatic heterocycles. The third kappa shape index (κ3) is 7.12. The molecular weight excluding hydrogens is 412 g/mol. The number of hydrogen-bond donors (Lipinski definition) is 3. The maximum atomic E-state index is 12.3. The van der Waals surface area contributed by atoms with E-state index in [2.05, 4.69) is 21.2 Å². The Bertz CT molecular complexity index is 990. The molecule has 0 radical (unpaired) electrons. The highest BCUT2D eigenvalue weighted by molar-refractivity contribution is 6.35. The number of amides is 3. The van der Waals surface area contributed by atoms with Gasteiger partial charge in [0.1, 0.15) is 0 Å². The van der Waals surface area contributed by atoms with Gasteiger partial charge >= 0.3 is 11.8 Å². The Labute approximate surface area is 187 Å². The average molecular weight is 441 g/mol. The predicted octanol–water partition coefficient (Wildman–Crippen LogP) is 2.39. The monoisotopic (exact) mass is 440 g/mol. The van der Waals surface area contributed by atoms with Crippen LogP contribution < -0.4 is 25.5 Å². The van der Waals surface area contributed by atoms with E-state index in [0.29, 0.717) is 23.4 Å². The van der Waals surface area contributed by atoms with Gasteiger partial charge in [0.15, 0.2) is 18.1 Å². The molecule has 0 aliphatic heterocycles. The van der Waals surface area contributed by atoms with Crippen molar-refractivity contribution < 1.29 is 23.9 Å². The first-order valence-corrected chi connectivity index (χ1v) is 10.1. The molecule has 2 aromatic rings. The Morgan fingerprint density at radius 2 is 1.84 bits per heavy atom. The molecule has 3 N–H and O–H groups in total. The van der Waals surface area contributed by atoms with Crippen LogP contribution in [0.4, 0.5) is 5.69 Å². The van der Waals surface area contributed by atoms with E-state index in [1.807, 2.05) is 32.0 Å². The van der Waals surface area contributed by atoms with Crippen LogP contribution in [0.5, 0.6) is 11.5 Å². The Hall–Kier alpha value is -3.88. The SMILES string of the molecule is CC[C@@H](C)NC(=O)C(=O)N/N=C\c1cccc(OC)c1OCC(=O)Nc1ccccc1C. The molecule has 9 heteroatoms. The second-order valence-electron chi connectivity index (χ2n) is 7.01. The number of aryl methyl sites for hydroxylation is 1. The zero-order valence-electron chi connectivity index (χ0n) is 18.6. The van der Waals surface area contributed by atoms with Gasteiger partial charge < -0.3 is 20.1 Å². The molecule has 0 aliphatic carbocycles. The number of hydrazone groups is 1. The molecule has 170 valence electrons. The smallest absolute Gasteiger partial charge is 0.329 e. The Morgan fingerprint density at radius 1 is 1.09 bits per heavy atom. The quantitative estimate of drug-likeness (QED) is 0.314. The topological polar surface area (TPSA) is 118 Å². The number of para-hydroxylation sites is 2. The fraction of sp³-hybridized carbons (Fsp3) is 0.304. The molecule has 2 aromatic carbocycles. The first-order valence-electron chi connectivity index (χ1n) is 10.1. The van der Waals surface area contributed by atoms with Crippen molar-refractivity contribution in [3.63, 3.8) is 0 Å². The van der Waals surface area contributed by atoms with Crippen LogP contribution in [0.15, 0.2) is 47.6 Å². The van der Waals surface area contributed by atoms with Gasteiger partial charge in [-0.05, 0) is 44.0 Å². The van der Waals surface area contributed by atoms with Gasteiger partial charge in [0.05, 0.1) is 13.3 Å². The van der Waals surface area contributed by atoms with Gasteiger partial charge in [-0.15, -0.1) is 0 Å². The van der Waals surface area contributed by atoms with Crippen LogP contribution in [-0.4, -0.2) is 43.7 Å². The number of ether oxygens (including phenoxy) is 2. The van der Waals surface area contributed by atoms with Crippen LogP contribution in [0.25, 0.3) is 0 Å². The molecule has 0 heterocycles. The van der Waals surface area contributed by atoms with E-state index in [4.69, 9.17) is 9.47 Å². The van der Waals surface area contributed by atoms with Crippen molar-refractivity contribution in [3.8, 4) is 11.5 Å². The first-order chi connectivity index (χ1) is 15.3. The number of nitrogens with zero attached hydrogens (tertiary/aromatic N) is 1. The van der Waals surface area contributed by atoms with Gasteiger partial charge in [0.25, 0.3) is 5.91 Å². The van der Waals surface area contributed by atoms with Gasteiger partial charge in [0, 0.05) is 17.3 Å². The number of nitrogens with one attached hydrogen (secondary N) is 3. The van der Waals surface area contributed by atoms with Gasteiger partial charge in [-0.3, -0.25) is 14.4 Å². The van der Waals surface area contributed by atoms with E-state index in [0.717, 1.165) is 5.56 Å². The van der Waals surface area contributed by atoms with Crippen LogP contribution in [0.2, 0.25) is 0 Å². The van der Waals surface area contributed by atoms with E-state index in [9.17, 15) is 14.4 Å². The molecule has 3 amide bonds. The van der Waals surface area contributed by atoms with Crippen molar-refractivity contribution in [3.05, 3.63) is 53.6 Å². The van der Waals surface area contributed by atoms with Crippen molar-refractivity contribution >= 4 is 29.6 Å². The van der Waals surface area contributed by atoms with Crippen molar-refractivity contribution in [2.24, 2.45) is 5.10 Å². The molecule has 1 atom stereocenters. The lowest BCUT2D eigenvalue weighted by molar-refractivity contribution is -0.139. The Balaban J connectivity index is 2.04. The summed E-state index contributed by atoms with van der Waals surface area (Å²) in [5.74, 6) is -1.34. The number of methoxy groups -OCH3 is 1. The lowest BCUT2D eigenvalue weighted by Gasteiger charge is -2.14. The highest BCUT2D eigenvalue weighted by atomic mass is 16.5. The second kappa shape index (κ2) is 12.1. The van der Waals surface area contributed by atoms with E-state index >= 15 is 0 Å². The molecule has 2 rings (SSSR count). The number of benzene rings is 2. The fourth-order valence-electron chi connectivity index (χ4n) is 2.59. The minimum absolute atomic E-state index is 0.124. The third-order valence-corrected chi connectivity index (χ3v) is 4.56. The highest BCUT2D eigenvalue weighted by Gasteiger charge is 2.15. The van der Waals surface area contributed by atoms with E-state index in [1.54, 1.807) is 31.2 Å². The minimum atomic E-state index is -0.885. The lowest BCUT2D eigenvalue weighted by atomic mass is 10.2. The summed E-state index contributed by atoms with van der Waals surface area (Å²) in [6.07, 6.45) is 2.01. The summed E-state index contributed by atoms with van der Waals surface area (Å²) >= 11 is 0. The Morgan fingerprint density at radius 3 is 2.53 bits per heavy atom. The maximum Gasteiger partial charge on any atom is 0.329 e. The molecule has 0 saturated carbocycles. The number of hydrogen-bond acceptors (Lipinski definition) is 6. The maximum absolute atomic E-state index is 12.3. The minimum Gasteiger partial charge on any atom is -0.493 e. The molecule has 0 saturated heterocycles. The van der Waals surface area contributed by atoms with Crippen LogP contribution >= 0.6 is 0 Å². The summed E-state index contributed by atoms with van der Waals surface area (Å²) in [4.78, 5) is 36.0. The standard InChI is InChI=1S/C23H28N4O5/c1-5-16(3)25-22(29)23(30)27-24-13-17-10-8-12-19(31-4)21(17)32-14-20(28)26-18-11-7-6-9-15(18)2/h6-13,16H,5,14H2,1-4H3,(H,25,29)(H,26,28)(H,27,30)/b24-13-/t16-/m1/s1. The van der Waals surface area contributed by atoms with Crippen LogP contribution in [0.1, 0.15) is 31.4 Å². The summed E-state index contributed by atoms with van der Waals surface area (Å²) in [6, 6.07) is 12.3. The molecule has 0 spiro atoms. The lowest BCUT2D eigenvalue weighted by Crippen LogP contribution is -2.41. The van der Waals surface area contributed by atoms with E-state index in [1.165, 1.54) is 13.3 Å². The van der Waals surface area contributed by atoms with Crippen LogP contribution in [0.3, 0.4) is 0 Å². The molecule has 9 nitrogen and oxygen atoms in total. The third-order valence-electron chi connectivity index (χ3n) is 4.56. The molecule has 0 fully saturated rings. The van der Waals surface area contributed by atoms with E-state index in [-0.39, 0.29) is 24.3 Å². The summed E-state index contributed by atoms with van der Waals surface area (Å²) in [5, 5.41) is 9.16.